The van der Waals surface area contributed by atoms with Gasteiger partial charge in [-0.1, -0.05) is 0 Å². The van der Waals surface area contributed by atoms with Crippen molar-refractivity contribution in [2.45, 2.75) is 76.7 Å². The van der Waals surface area contributed by atoms with E-state index in [4.69, 9.17) is 4.74 Å². The number of hydrazine groups is 1. The van der Waals surface area contributed by atoms with Crippen LogP contribution in [0.1, 0.15) is 52.4 Å². The monoisotopic (exact) mass is 437 g/mol. The van der Waals surface area contributed by atoms with Crippen LogP contribution in [0.3, 0.4) is 0 Å². The average molecular weight is 438 g/mol. The lowest BCUT2D eigenvalue weighted by molar-refractivity contribution is -0.142. The van der Waals surface area contributed by atoms with Crippen molar-refractivity contribution in [3.05, 3.63) is 0 Å². The van der Waals surface area contributed by atoms with Gasteiger partial charge in [0, 0.05) is 39.1 Å². The summed E-state index contributed by atoms with van der Waals surface area (Å²) in [5.74, 6) is 1.08. The summed E-state index contributed by atoms with van der Waals surface area (Å²) < 4.78 is 5.86. The molecule has 0 radical (unpaired) electrons. The molecule has 6 atom stereocenters. The molecule has 9 nitrogen and oxygen atoms in total. The molecule has 0 aromatic carbocycles. The minimum atomic E-state index is -0.239. The first-order valence-electron chi connectivity index (χ1n) is 12.1. The first kappa shape index (κ1) is 22.8. The summed E-state index contributed by atoms with van der Waals surface area (Å²) >= 11 is 0. The first-order valence-corrected chi connectivity index (χ1v) is 12.1. The molecule has 3 N–H and O–H groups in total. The Hall–Kier alpha value is -1.42. The lowest BCUT2D eigenvalue weighted by Crippen LogP contribution is -2.67. The van der Waals surface area contributed by atoms with E-state index >= 15 is 0 Å². The molecule has 9 heteroatoms. The molecule has 4 fully saturated rings. The Morgan fingerprint density at radius 2 is 1.94 bits per heavy atom. The molecule has 0 spiro atoms. The predicted octanol–water partition coefficient (Wildman–Crippen LogP) is 0.741. The minimum absolute atomic E-state index is 0.00170. The molecule has 4 aliphatic rings. The fraction of sp³-hybridized carbons (Fsp3) is 0.909. The summed E-state index contributed by atoms with van der Waals surface area (Å²) in [5, 5.41) is 14.6. The second kappa shape index (κ2) is 10.0. The number of rotatable bonds is 4. The van der Waals surface area contributed by atoms with Gasteiger partial charge in [0.25, 0.3) is 0 Å². The predicted molar refractivity (Wildman–Crippen MR) is 116 cm³/mol. The number of β-amino-alcohol motifs (C(OH)–C–C–N with tert-alkyl or cyclic N) is 1. The second-order valence-corrected chi connectivity index (χ2v) is 9.75. The van der Waals surface area contributed by atoms with Gasteiger partial charge in [-0.2, -0.15) is 0 Å². The van der Waals surface area contributed by atoms with Crippen LogP contribution in [0, 0.1) is 11.8 Å². The molecule has 2 amide bonds. The Balaban J connectivity index is 1.47. The zero-order valence-electron chi connectivity index (χ0n) is 19.0. The number of aliphatic hydroxyl groups is 1. The molecular weight excluding hydrogens is 398 g/mol. The Morgan fingerprint density at radius 3 is 2.65 bits per heavy atom. The number of ether oxygens (including phenoxy) is 1. The number of aliphatic hydroxyl groups excluding tert-OH is 1. The topological polar surface area (TPSA) is 97.4 Å². The van der Waals surface area contributed by atoms with Crippen molar-refractivity contribution in [1.82, 2.24) is 25.6 Å². The van der Waals surface area contributed by atoms with Crippen molar-refractivity contribution < 1.29 is 19.4 Å². The maximum atomic E-state index is 13.2. The summed E-state index contributed by atoms with van der Waals surface area (Å²) in [6.07, 6.45) is 5.49. The van der Waals surface area contributed by atoms with Gasteiger partial charge in [-0.15, -0.1) is 0 Å². The van der Waals surface area contributed by atoms with Crippen molar-refractivity contribution in [2.75, 3.05) is 39.3 Å². The lowest BCUT2D eigenvalue weighted by atomic mass is 9.73. The SMILES string of the molecule is CC(=O)N1C(C)CN(C(=O)OC2CCCCN2)C2CC(C3CNN(CCO)C3)CCC21. The number of fused-ring (bicyclic) bond motifs is 1. The van der Waals surface area contributed by atoms with Crippen molar-refractivity contribution >= 4 is 12.0 Å². The molecule has 4 rings (SSSR count). The molecule has 3 aliphatic heterocycles. The molecule has 1 saturated carbocycles. The van der Waals surface area contributed by atoms with Crippen molar-refractivity contribution in [1.29, 1.82) is 0 Å². The van der Waals surface area contributed by atoms with Crippen LogP contribution < -0.4 is 10.7 Å². The van der Waals surface area contributed by atoms with E-state index in [1.807, 2.05) is 16.7 Å². The van der Waals surface area contributed by atoms with E-state index in [9.17, 15) is 14.7 Å². The molecule has 3 heterocycles. The highest BCUT2D eigenvalue weighted by Gasteiger charge is 2.48. The molecule has 0 bridgehead atoms. The number of amides is 2. The molecule has 31 heavy (non-hydrogen) atoms. The first-order chi connectivity index (χ1) is 15.0. The van der Waals surface area contributed by atoms with Crippen LogP contribution in [0.15, 0.2) is 0 Å². The molecule has 6 unspecified atom stereocenters. The molecule has 0 aromatic rings. The third-order valence-electron chi connectivity index (χ3n) is 7.69. The molecule has 176 valence electrons. The van der Waals surface area contributed by atoms with Gasteiger partial charge in [-0.3, -0.25) is 15.5 Å². The highest BCUT2D eigenvalue weighted by atomic mass is 16.6. The summed E-state index contributed by atoms with van der Waals surface area (Å²) in [7, 11) is 0. The Kier molecular flexibility index (Phi) is 7.36. The fourth-order valence-corrected chi connectivity index (χ4v) is 6.21. The number of piperidine rings is 1. The zero-order valence-corrected chi connectivity index (χ0v) is 19.0. The zero-order chi connectivity index (χ0) is 22.0. The van der Waals surface area contributed by atoms with E-state index in [0.717, 1.165) is 58.2 Å². The van der Waals surface area contributed by atoms with Crippen LogP contribution in [0.2, 0.25) is 0 Å². The van der Waals surface area contributed by atoms with E-state index in [1.54, 1.807) is 6.92 Å². The third-order valence-corrected chi connectivity index (χ3v) is 7.69. The van der Waals surface area contributed by atoms with Crippen molar-refractivity contribution in [3.8, 4) is 0 Å². The normalized spacial score (nSPS) is 36.9. The Morgan fingerprint density at radius 1 is 1.10 bits per heavy atom. The fourth-order valence-electron chi connectivity index (χ4n) is 6.21. The van der Waals surface area contributed by atoms with Gasteiger partial charge < -0.3 is 19.6 Å². The van der Waals surface area contributed by atoms with Crippen molar-refractivity contribution in [2.24, 2.45) is 11.8 Å². The van der Waals surface area contributed by atoms with Gasteiger partial charge in [0.05, 0.1) is 18.7 Å². The van der Waals surface area contributed by atoms with Crippen LogP contribution in [0.5, 0.6) is 0 Å². The largest absolute Gasteiger partial charge is 0.430 e. The van der Waals surface area contributed by atoms with Gasteiger partial charge in [-0.25, -0.2) is 9.80 Å². The molecule has 0 aromatic heterocycles. The number of nitrogens with one attached hydrogen (secondary N) is 2. The summed E-state index contributed by atoms with van der Waals surface area (Å²) in [6.45, 7) is 7.71. The Bertz CT molecular complexity index is 643. The van der Waals surface area contributed by atoms with E-state index in [-0.39, 0.29) is 43.0 Å². The molecular formula is C22H39N5O4. The number of hydrogen-bond acceptors (Lipinski definition) is 7. The lowest BCUT2D eigenvalue weighted by Gasteiger charge is -2.54. The average Bonchev–Trinajstić information content (AvgIpc) is 3.22. The number of carbonyl (C=O) groups is 2. The van der Waals surface area contributed by atoms with Crippen LogP contribution in [-0.4, -0.2) is 95.6 Å². The van der Waals surface area contributed by atoms with E-state index in [0.29, 0.717) is 24.9 Å². The molecule has 3 saturated heterocycles. The van der Waals surface area contributed by atoms with Gasteiger partial charge in [0.15, 0.2) is 6.23 Å². The summed E-state index contributed by atoms with van der Waals surface area (Å²) in [4.78, 5) is 29.6. The number of carbonyl (C=O) groups excluding carboxylic acids is 2. The quantitative estimate of drug-likeness (QED) is 0.597. The molecule has 1 aliphatic carbocycles. The standard InChI is InChI=1S/C22H39N5O4/c1-15-13-26(22(30)31-21-5-3-4-8-23-21)20-11-17(6-7-19(20)27(15)16(2)29)18-12-24-25(14-18)9-10-28/h15,17-21,23-24,28H,3-14H2,1-2H3. The van der Waals surface area contributed by atoms with Crippen LogP contribution >= 0.6 is 0 Å². The van der Waals surface area contributed by atoms with Crippen LogP contribution in [0.25, 0.3) is 0 Å². The van der Waals surface area contributed by atoms with Gasteiger partial charge in [-0.05, 0) is 63.8 Å². The van der Waals surface area contributed by atoms with Crippen molar-refractivity contribution in [3.63, 3.8) is 0 Å². The summed E-state index contributed by atoms with van der Waals surface area (Å²) in [5.41, 5.74) is 3.39. The number of piperazine rings is 1. The highest BCUT2D eigenvalue weighted by Crippen LogP contribution is 2.39. The maximum Gasteiger partial charge on any atom is 0.411 e. The number of hydrogen-bond donors (Lipinski definition) is 3. The van der Waals surface area contributed by atoms with E-state index < -0.39 is 0 Å². The third kappa shape index (κ3) is 4.99. The van der Waals surface area contributed by atoms with Crippen LogP contribution in [-0.2, 0) is 9.53 Å². The smallest absolute Gasteiger partial charge is 0.411 e. The number of nitrogens with zero attached hydrogens (tertiary/aromatic N) is 3. The minimum Gasteiger partial charge on any atom is -0.430 e. The van der Waals surface area contributed by atoms with Gasteiger partial charge in [0.2, 0.25) is 5.91 Å². The maximum absolute atomic E-state index is 13.2. The highest BCUT2D eigenvalue weighted by molar-refractivity contribution is 5.75. The van der Waals surface area contributed by atoms with E-state index in [2.05, 4.69) is 15.8 Å². The second-order valence-electron chi connectivity index (χ2n) is 9.75. The summed E-state index contributed by atoms with van der Waals surface area (Å²) in [6, 6.07) is 0.0597. The Labute approximate surface area is 185 Å². The van der Waals surface area contributed by atoms with Gasteiger partial charge in [0.1, 0.15) is 0 Å². The van der Waals surface area contributed by atoms with Gasteiger partial charge >= 0.3 is 6.09 Å². The van der Waals surface area contributed by atoms with E-state index in [1.165, 1.54) is 0 Å². The van der Waals surface area contributed by atoms with Crippen LogP contribution in [0.4, 0.5) is 4.79 Å².